The van der Waals surface area contributed by atoms with E-state index in [1.807, 2.05) is 17.5 Å². The number of rotatable bonds is 4. The van der Waals surface area contributed by atoms with E-state index in [1.165, 1.54) is 34.2 Å². The molecule has 156 valence electrons. The van der Waals surface area contributed by atoms with Crippen molar-refractivity contribution in [2.75, 3.05) is 5.32 Å². The molecule has 2 aromatic heterocycles. The molecule has 1 aromatic carbocycles. The minimum absolute atomic E-state index is 0.00284. The van der Waals surface area contributed by atoms with Gasteiger partial charge in [0.1, 0.15) is 17.3 Å². The van der Waals surface area contributed by atoms with Crippen LogP contribution in [0.5, 0.6) is 0 Å². The van der Waals surface area contributed by atoms with Crippen LogP contribution in [-0.2, 0) is 16.0 Å². The van der Waals surface area contributed by atoms with Crippen molar-refractivity contribution in [1.82, 2.24) is 9.78 Å². The van der Waals surface area contributed by atoms with Crippen molar-refractivity contribution in [3.05, 3.63) is 70.3 Å². The van der Waals surface area contributed by atoms with Crippen molar-refractivity contribution < 1.29 is 14.0 Å². The molecule has 3 heterocycles. The molecule has 31 heavy (non-hydrogen) atoms. The zero-order chi connectivity index (χ0) is 22.1. The van der Waals surface area contributed by atoms with E-state index in [0.717, 1.165) is 4.88 Å². The van der Waals surface area contributed by atoms with Crippen LogP contribution in [0.1, 0.15) is 12.5 Å². The SMILES string of the molecule is C=C1C(=O)N=C(n2nc(-c3cccs3)cc2NC(=O)Cc2c(F)cccc2Cl)N=C1C. The smallest absolute Gasteiger partial charge is 0.281 e. The summed E-state index contributed by atoms with van der Waals surface area (Å²) in [6, 6.07) is 9.58. The molecule has 0 atom stereocenters. The highest BCUT2D eigenvalue weighted by Gasteiger charge is 2.23. The largest absolute Gasteiger partial charge is 0.310 e. The molecule has 10 heteroatoms. The minimum Gasteiger partial charge on any atom is -0.310 e. The number of aromatic nitrogens is 2. The molecule has 4 rings (SSSR count). The summed E-state index contributed by atoms with van der Waals surface area (Å²) in [6.07, 6.45) is -0.282. The van der Waals surface area contributed by atoms with E-state index in [2.05, 4.69) is 27.0 Å². The third-order valence-corrected chi connectivity index (χ3v) is 5.75. The van der Waals surface area contributed by atoms with Crippen LogP contribution in [0.2, 0.25) is 5.02 Å². The van der Waals surface area contributed by atoms with Gasteiger partial charge in [0.05, 0.1) is 22.6 Å². The number of nitrogens with zero attached hydrogens (tertiary/aromatic N) is 4. The van der Waals surface area contributed by atoms with Gasteiger partial charge in [0.15, 0.2) is 0 Å². The average molecular weight is 456 g/mol. The lowest BCUT2D eigenvalue weighted by molar-refractivity contribution is -0.115. The Bertz CT molecular complexity index is 1260. The van der Waals surface area contributed by atoms with Gasteiger partial charge < -0.3 is 5.32 Å². The molecule has 1 aliphatic rings. The van der Waals surface area contributed by atoms with Gasteiger partial charge in [-0.2, -0.15) is 14.8 Å². The molecular weight excluding hydrogens is 441 g/mol. The van der Waals surface area contributed by atoms with Crippen LogP contribution < -0.4 is 5.32 Å². The number of thiophene rings is 1. The van der Waals surface area contributed by atoms with Gasteiger partial charge in [0.2, 0.25) is 5.91 Å². The maximum atomic E-state index is 14.1. The quantitative estimate of drug-likeness (QED) is 0.593. The first kappa shape index (κ1) is 20.8. The van der Waals surface area contributed by atoms with Gasteiger partial charge in [0, 0.05) is 16.7 Å². The third kappa shape index (κ3) is 4.23. The second kappa shape index (κ2) is 8.37. The summed E-state index contributed by atoms with van der Waals surface area (Å²) in [6.45, 7) is 5.29. The fourth-order valence-corrected chi connectivity index (χ4v) is 3.78. The zero-order valence-corrected chi connectivity index (χ0v) is 17.8. The van der Waals surface area contributed by atoms with Gasteiger partial charge in [-0.05, 0) is 30.5 Å². The van der Waals surface area contributed by atoms with Crippen molar-refractivity contribution in [2.24, 2.45) is 9.98 Å². The maximum absolute atomic E-state index is 14.1. The van der Waals surface area contributed by atoms with E-state index in [4.69, 9.17) is 11.6 Å². The molecule has 0 unspecified atom stereocenters. The van der Waals surface area contributed by atoms with Gasteiger partial charge in [-0.15, -0.1) is 11.3 Å². The first-order chi connectivity index (χ1) is 14.8. The number of carbonyl (C=O) groups is 2. The summed E-state index contributed by atoms with van der Waals surface area (Å²) in [5.74, 6) is -1.39. The maximum Gasteiger partial charge on any atom is 0.281 e. The summed E-state index contributed by atoms with van der Waals surface area (Å²) in [5.41, 5.74) is 1.23. The van der Waals surface area contributed by atoms with Crippen LogP contribution >= 0.6 is 22.9 Å². The topological polar surface area (TPSA) is 88.7 Å². The first-order valence-corrected chi connectivity index (χ1v) is 10.3. The Morgan fingerprint density at radius 3 is 2.77 bits per heavy atom. The van der Waals surface area contributed by atoms with E-state index >= 15 is 0 Å². The molecule has 7 nitrogen and oxygen atoms in total. The molecule has 0 bridgehead atoms. The number of carbonyl (C=O) groups excluding carboxylic acids is 2. The predicted octanol–water partition coefficient (Wildman–Crippen LogP) is 4.35. The Morgan fingerprint density at radius 1 is 1.29 bits per heavy atom. The summed E-state index contributed by atoms with van der Waals surface area (Å²) in [5, 5.41) is 9.19. The highest BCUT2D eigenvalue weighted by atomic mass is 35.5. The Hall–Kier alpha value is -3.43. The molecule has 1 N–H and O–H groups in total. The molecule has 0 radical (unpaired) electrons. The van der Waals surface area contributed by atoms with Gasteiger partial charge >= 0.3 is 0 Å². The molecule has 0 saturated heterocycles. The predicted molar refractivity (Wildman–Crippen MR) is 119 cm³/mol. The number of amides is 2. The third-order valence-electron chi connectivity index (χ3n) is 4.50. The van der Waals surface area contributed by atoms with Gasteiger partial charge in [-0.1, -0.05) is 30.3 Å². The van der Waals surface area contributed by atoms with E-state index in [0.29, 0.717) is 11.4 Å². The lowest BCUT2D eigenvalue weighted by Gasteiger charge is -2.13. The summed E-state index contributed by atoms with van der Waals surface area (Å²) >= 11 is 7.49. The Morgan fingerprint density at radius 2 is 2.10 bits per heavy atom. The van der Waals surface area contributed by atoms with E-state index in [1.54, 1.807) is 13.0 Å². The average Bonchev–Trinajstić information content (AvgIpc) is 3.39. The van der Waals surface area contributed by atoms with Crippen LogP contribution in [0, 0.1) is 5.82 Å². The molecular formula is C21H15ClFN5O2S. The monoisotopic (exact) mass is 455 g/mol. The number of aliphatic imine (C=N–C) groups is 2. The van der Waals surface area contributed by atoms with Crippen molar-refractivity contribution in [1.29, 1.82) is 0 Å². The van der Waals surface area contributed by atoms with Gasteiger partial charge in [-0.3, -0.25) is 9.59 Å². The van der Waals surface area contributed by atoms with E-state index < -0.39 is 17.6 Å². The number of halogens is 2. The van der Waals surface area contributed by atoms with Crippen molar-refractivity contribution in [3.63, 3.8) is 0 Å². The van der Waals surface area contributed by atoms with Gasteiger partial charge in [0.25, 0.3) is 11.9 Å². The lowest BCUT2D eigenvalue weighted by atomic mass is 10.1. The standard InChI is InChI=1S/C21H15ClFN5O2S/c1-11-12(2)24-21(26-20(11)30)28-18(10-16(27-28)17-7-4-8-31-17)25-19(29)9-13-14(22)5-3-6-15(13)23/h3-8,10H,1,9H2,2H3,(H,25,29). The fraction of sp³-hybridized carbons (Fsp3) is 0.0952. The first-order valence-electron chi connectivity index (χ1n) is 9.08. The fourth-order valence-electron chi connectivity index (χ4n) is 2.87. The molecule has 0 spiro atoms. The molecule has 0 aliphatic carbocycles. The molecule has 3 aromatic rings. The second-order valence-corrected chi connectivity index (χ2v) is 7.98. The summed E-state index contributed by atoms with van der Waals surface area (Å²) in [7, 11) is 0. The number of hydrogen-bond acceptors (Lipinski definition) is 5. The van der Waals surface area contributed by atoms with Crippen LogP contribution in [0.4, 0.5) is 10.2 Å². The van der Waals surface area contributed by atoms with Crippen molar-refractivity contribution in [2.45, 2.75) is 13.3 Å². The molecule has 2 amide bonds. The van der Waals surface area contributed by atoms with Crippen LogP contribution in [0.3, 0.4) is 0 Å². The minimum atomic E-state index is -0.573. The Kier molecular flexibility index (Phi) is 5.62. The van der Waals surface area contributed by atoms with Gasteiger partial charge in [-0.25, -0.2) is 9.38 Å². The van der Waals surface area contributed by atoms with Crippen LogP contribution in [-0.4, -0.2) is 33.3 Å². The summed E-state index contributed by atoms with van der Waals surface area (Å²) < 4.78 is 15.3. The number of nitrogens with one attached hydrogen (secondary N) is 1. The van der Waals surface area contributed by atoms with Crippen LogP contribution in [0.25, 0.3) is 10.6 Å². The molecule has 1 aliphatic heterocycles. The highest BCUT2D eigenvalue weighted by molar-refractivity contribution is 7.13. The lowest BCUT2D eigenvalue weighted by Crippen LogP contribution is -2.25. The van der Waals surface area contributed by atoms with Crippen molar-refractivity contribution in [3.8, 4) is 10.6 Å². The molecule has 0 fully saturated rings. The Labute approximate surface area is 185 Å². The number of anilines is 1. The normalized spacial score (nSPS) is 13.8. The van der Waals surface area contributed by atoms with Crippen molar-refractivity contribution >= 4 is 52.2 Å². The van der Waals surface area contributed by atoms with Crippen LogP contribution in [0.15, 0.2) is 63.9 Å². The van der Waals surface area contributed by atoms with E-state index in [-0.39, 0.29) is 34.4 Å². The van der Waals surface area contributed by atoms with E-state index in [9.17, 15) is 14.0 Å². The Balaban J connectivity index is 1.70. The number of hydrogen-bond donors (Lipinski definition) is 1. The zero-order valence-electron chi connectivity index (χ0n) is 16.2. The molecule has 0 saturated carbocycles. The second-order valence-electron chi connectivity index (χ2n) is 6.62. The highest BCUT2D eigenvalue weighted by Crippen LogP contribution is 2.27. The number of benzene rings is 1. The summed E-state index contributed by atoms with van der Waals surface area (Å²) in [4.78, 5) is 33.8.